The summed E-state index contributed by atoms with van der Waals surface area (Å²) in [5.41, 5.74) is 6.62. The summed E-state index contributed by atoms with van der Waals surface area (Å²) in [4.78, 5) is 23.9. The number of carbonyl (C=O) groups excluding carboxylic acids is 2. The first-order valence-corrected chi connectivity index (χ1v) is 8.53. The van der Waals surface area contributed by atoms with Crippen molar-refractivity contribution in [3.63, 3.8) is 0 Å². The zero-order valence-corrected chi connectivity index (χ0v) is 15.8. The number of rotatable bonds is 5. The summed E-state index contributed by atoms with van der Waals surface area (Å²) in [6.07, 6.45) is 5.23. The lowest BCUT2D eigenvalue weighted by Gasteiger charge is -2.22. The number of ether oxygens (including phenoxy) is 2. The Bertz CT molecular complexity index is 853. The summed E-state index contributed by atoms with van der Waals surface area (Å²) in [5, 5.41) is 4.66. The number of anilines is 1. The first-order chi connectivity index (χ1) is 12.6. The van der Waals surface area contributed by atoms with Crippen LogP contribution in [-0.2, 0) is 14.3 Å². The van der Waals surface area contributed by atoms with Crippen LogP contribution in [0.4, 0.5) is 5.69 Å². The normalized spacial score (nSPS) is 18.4. The SMILES string of the molecule is COC(=O)COc1ccc(NC(=O)[C@@H]2CC=C[C@@H](N)C2)c2ccccc12.Cl. The van der Waals surface area contributed by atoms with Crippen LogP contribution in [0.15, 0.2) is 48.6 Å². The first-order valence-electron chi connectivity index (χ1n) is 8.53. The third kappa shape index (κ3) is 4.99. The second kappa shape index (κ2) is 9.39. The number of nitrogens with one attached hydrogen (secondary N) is 1. The van der Waals surface area contributed by atoms with Gasteiger partial charge in [0.05, 0.1) is 7.11 Å². The molecule has 0 unspecified atom stereocenters. The highest BCUT2D eigenvalue weighted by Gasteiger charge is 2.23. The molecule has 0 saturated carbocycles. The van der Waals surface area contributed by atoms with Crippen LogP contribution in [-0.4, -0.2) is 31.6 Å². The van der Waals surface area contributed by atoms with Crippen molar-refractivity contribution in [3.8, 4) is 5.75 Å². The smallest absolute Gasteiger partial charge is 0.343 e. The van der Waals surface area contributed by atoms with Crippen LogP contribution < -0.4 is 15.8 Å². The van der Waals surface area contributed by atoms with Crippen molar-refractivity contribution >= 4 is 40.7 Å². The van der Waals surface area contributed by atoms with Crippen molar-refractivity contribution in [2.75, 3.05) is 19.0 Å². The van der Waals surface area contributed by atoms with Crippen molar-refractivity contribution in [1.29, 1.82) is 0 Å². The minimum absolute atomic E-state index is 0. The number of amides is 1. The zero-order chi connectivity index (χ0) is 18.5. The average molecular weight is 391 g/mol. The van der Waals surface area contributed by atoms with Gasteiger partial charge >= 0.3 is 5.97 Å². The van der Waals surface area contributed by atoms with Crippen LogP contribution in [0.25, 0.3) is 10.8 Å². The highest BCUT2D eigenvalue weighted by molar-refractivity contribution is 6.05. The second-order valence-corrected chi connectivity index (χ2v) is 6.27. The largest absolute Gasteiger partial charge is 0.481 e. The highest BCUT2D eigenvalue weighted by atomic mass is 35.5. The molecule has 0 aromatic heterocycles. The third-order valence-corrected chi connectivity index (χ3v) is 4.45. The molecule has 0 fully saturated rings. The van der Waals surface area contributed by atoms with Gasteiger partial charge in [-0.05, 0) is 25.0 Å². The van der Waals surface area contributed by atoms with E-state index in [9.17, 15) is 9.59 Å². The van der Waals surface area contributed by atoms with Crippen LogP contribution in [0, 0.1) is 5.92 Å². The van der Waals surface area contributed by atoms with Gasteiger partial charge in [0, 0.05) is 28.4 Å². The molecule has 0 saturated heterocycles. The molecule has 144 valence electrons. The zero-order valence-electron chi connectivity index (χ0n) is 15.0. The number of esters is 1. The lowest BCUT2D eigenvalue weighted by molar-refractivity contribution is -0.142. The molecule has 0 bridgehead atoms. The summed E-state index contributed by atoms with van der Waals surface area (Å²) in [5.74, 6) is -0.0676. The summed E-state index contributed by atoms with van der Waals surface area (Å²) < 4.78 is 10.1. The number of hydrogen-bond donors (Lipinski definition) is 2. The fraction of sp³-hybridized carbons (Fsp3) is 0.300. The molecular weight excluding hydrogens is 368 g/mol. The Labute approximate surface area is 164 Å². The summed E-state index contributed by atoms with van der Waals surface area (Å²) in [6, 6.07) is 11.0. The minimum Gasteiger partial charge on any atom is -0.481 e. The molecule has 0 spiro atoms. The van der Waals surface area contributed by atoms with E-state index >= 15 is 0 Å². The Kier molecular flexibility index (Phi) is 7.21. The monoisotopic (exact) mass is 390 g/mol. The summed E-state index contributed by atoms with van der Waals surface area (Å²) in [7, 11) is 1.31. The summed E-state index contributed by atoms with van der Waals surface area (Å²) >= 11 is 0. The number of methoxy groups -OCH3 is 1. The van der Waals surface area contributed by atoms with Gasteiger partial charge < -0.3 is 20.5 Å². The molecule has 2 atom stereocenters. The molecule has 1 aliphatic rings. The fourth-order valence-corrected chi connectivity index (χ4v) is 3.07. The van der Waals surface area contributed by atoms with Gasteiger partial charge in [-0.2, -0.15) is 0 Å². The van der Waals surface area contributed by atoms with E-state index in [0.29, 0.717) is 24.3 Å². The topological polar surface area (TPSA) is 90.6 Å². The maximum absolute atomic E-state index is 12.6. The maximum atomic E-state index is 12.6. The van der Waals surface area contributed by atoms with Crippen LogP contribution in [0.5, 0.6) is 5.75 Å². The highest BCUT2D eigenvalue weighted by Crippen LogP contribution is 2.32. The Balaban J connectivity index is 0.00000261. The number of allylic oxidation sites excluding steroid dienone is 1. The molecule has 3 N–H and O–H groups in total. The minimum atomic E-state index is -0.451. The lowest BCUT2D eigenvalue weighted by atomic mass is 9.90. The molecule has 0 heterocycles. The van der Waals surface area contributed by atoms with Gasteiger partial charge in [-0.3, -0.25) is 4.79 Å². The van der Waals surface area contributed by atoms with E-state index < -0.39 is 5.97 Å². The van der Waals surface area contributed by atoms with E-state index in [2.05, 4.69) is 10.1 Å². The molecule has 27 heavy (non-hydrogen) atoms. The Morgan fingerprint density at radius 2 is 1.93 bits per heavy atom. The molecule has 0 aliphatic heterocycles. The molecule has 2 aromatic rings. The van der Waals surface area contributed by atoms with Crippen LogP contribution in [0.3, 0.4) is 0 Å². The van der Waals surface area contributed by atoms with Crippen LogP contribution >= 0.6 is 12.4 Å². The van der Waals surface area contributed by atoms with Crippen molar-refractivity contribution < 1.29 is 19.1 Å². The third-order valence-electron chi connectivity index (χ3n) is 4.45. The summed E-state index contributed by atoms with van der Waals surface area (Å²) in [6.45, 7) is -0.168. The Morgan fingerprint density at radius 1 is 1.19 bits per heavy atom. The molecule has 6 nitrogen and oxygen atoms in total. The van der Waals surface area contributed by atoms with Crippen molar-refractivity contribution in [2.45, 2.75) is 18.9 Å². The van der Waals surface area contributed by atoms with Crippen LogP contribution in [0.2, 0.25) is 0 Å². The van der Waals surface area contributed by atoms with Gasteiger partial charge in [0.1, 0.15) is 5.75 Å². The number of benzene rings is 2. The molecular formula is C20H23ClN2O4. The predicted octanol–water partition coefficient (Wildman–Crippen LogP) is 3.05. The quantitative estimate of drug-likeness (QED) is 0.604. The van der Waals surface area contributed by atoms with E-state index in [1.165, 1.54) is 7.11 Å². The Morgan fingerprint density at radius 3 is 2.63 bits per heavy atom. The number of hydrogen-bond acceptors (Lipinski definition) is 5. The number of nitrogens with two attached hydrogens (primary N) is 1. The molecule has 0 radical (unpaired) electrons. The number of fused-ring (bicyclic) bond motifs is 1. The second-order valence-electron chi connectivity index (χ2n) is 6.27. The van der Waals surface area contributed by atoms with Gasteiger partial charge in [-0.1, -0.05) is 36.4 Å². The molecule has 3 rings (SSSR count). The number of carbonyl (C=O) groups is 2. The van der Waals surface area contributed by atoms with Crippen molar-refractivity contribution in [2.24, 2.45) is 11.7 Å². The molecule has 1 amide bonds. The lowest BCUT2D eigenvalue weighted by Crippen LogP contribution is -2.31. The van der Waals surface area contributed by atoms with E-state index in [1.54, 1.807) is 12.1 Å². The number of halogens is 1. The van der Waals surface area contributed by atoms with Crippen molar-refractivity contribution in [1.82, 2.24) is 0 Å². The maximum Gasteiger partial charge on any atom is 0.343 e. The van der Waals surface area contributed by atoms with E-state index in [-0.39, 0.29) is 36.9 Å². The molecule has 7 heteroatoms. The standard InChI is InChI=1S/C20H22N2O4.ClH/c1-25-19(23)12-26-18-10-9-17(15-7-2-3-8-16(15)18)22-20(24)13-5-4-6-14(21)11-13;/h2-4,6-10,13-14H,5,11-12,21H2,1H3,(H,22,24);1H/t13-,14-;/m1./s1. The van der Waals surface area contributed by atoms with Crippen molar-refractivity contribution in [3.05, 3.63) is 48.6 Å². The van der Waals surface area contributed by atoms with Gasteiger partial charge in [0.15, 0.2) is 6.61 Å². The first kappa shape index (κ1) is 20.7. The Hall–Kier alpha value is -2.57. The van der Waals surface area contributed by atoms with Gasteiger partial charge in [0.25, 0.3) is 0 Å². The van der Waals surface area contributed by atoms with E-state index in [0.717, 1.165) is 10.8 Å². The predicted molar refractivity (Wildman–Crippen MR) is 107 cm³/mol. The van der Waals surface area contributed by atoms with E-state index in [4.69, 9.17) is 10.5 Å². The van der Waals surface area contributed by atoms with Crippen LogP contribution in [0.1, 0.15) is 12.8 Å². The molecule has 2 aromatic carbocycles. The molecule has 1 aliphatic carbocycles. The fourth-order valence-electron chi connectivity index (χ4n) is 3.07. The van der Waals surface area contributed by atoms with Gasteiger partial charge in [-0.15, -0.1) is 12.4 Å². The van der Waals surface area contributed by atoms with Gasteiger partial charge in [0.2, 0.25) is 5.91 Å². The average Bonchev–Trinajstić information content (AvgIpc) is 2.67. The van der Waals surface area contributed by atoms with Gasteiger partial charge in [-0.25, -0.2) is 4.79 Å². The van der Waals surface area contributed by atoms with E-state index in [1.807, 2.05) is 36.4 Å².